The highest BCUT2D eigenvalue weighted by Gasteiger charge is 2.28. The monoisotopic (exact) mass is 446 g/mol. The molecular weight excluding hydrogens is 424 g/mol. The third kappa shape index (κ3) is 3.81. The fourth-order valence-electron chi connectivity index (χ4n) is 3.96. The number of carbonyl (C=O) groups excluding carboxylic acids is 1. The Bertz CT molecular complexity index is 1390. The van der Waals surface area contributed by atoms with Crippen molar-refractivity contribution in [1.82, 2.24) is 4.31 Å². The van der Waals surface area contributed by atoms with Gasteiger partial charge in [0.05, 0.1) is 4.90 Å². The summed E-state index contributed by atoms with van der Waals surface area (Å²) < 4.78 is 33.3. The Kier molecular flexibility index (Phi) is 5.07. The smallest absolute Gasteiger partial charge is 0.291 e. The Morgan fingerprint density at radius 3 is 2.53 bits per heavy atom. The second-order valence-corrected chi connectivity index (χ2v) is 9.93. The Labute approximate surface area is 186 Å². The van der Waals surface area contributed by atoms with E-state index in [4.69, 9.17) is 4.42 Å². The van der Waals surface area contributed by atoms with Crippen LogP contribution in [0.5, 0.6) is 0 Å². The number of furan rings is 1. The number of nitrogens with zero attached hydrogens (tertiary/aromatic N) is 1. The molecule has 0 atom stereocenters. The molecule has 0 unspecified atom stereocenters. The number of carbonyl (C=O) groups is 1. The molecule has 7 heteroatoms. The van der Waals surface area contributed by atoms with E-state index in [1.807, 2.05) is 49.4 Å². The standard InChI is InChI=1S/C25H22N2O4S/c1-17-6-10-22(11-7-17)32(29,30)27-13-12-18-8-9-21(14-20(18)16-27)26-25(28)24-15-19-4-2-3-5-23(19)31-24/h2-11,14-15H,12-13,16H2,1H3,(H,26,28). The zero-order valence-electron chi connectivity index (χ0n) is 17.5. The highest BCUT2D eigenvalue weighted by molar-refractivity contribution is 7.89. The molecule has 1 aliphatic rings. The van der Waals surface area contributed by atoms with Crippen molar-refractivity contribution >= 4 is 32.6 Å². The second-order valence-electron chi connectivity index (χ2n) is 7.99. The van der Waals surface area contributed by atoms with Crippen molar-refractivity contribution in [3.63, 3.8) is 0 Å². The van der Waals surface area contributed by atoms with Gasteiger partial charge in [0, 0.05) is 24.2 Å². The van der Waals surface area contributed by atoms with E-state index in [-0.39, 0.29) is 18.2 Å². The lowest BCUT2D eigenvalue weighted by Gasteiger charge is -2.28. The fraction of sp³-hybridized carbons (Fsp3) is 0.160. The van der Waals surface area contributed by atoms with Crippen molar-refractivity contribution in [2.45, 2.75) is 24.8 Å². The average molecular weight is 447 g/mol. The molecule has 2 heterocycles. The quantitative estimate of drug-likeness (QED) is 0.491. The van der Waals surface area contributed by atoms with Gasteiger partial charge in [0.2, 0.25) is 10.0 Å². The van der Waals surface area contributed by atoms with Gasteiger partial charge in [0.25, 0.3) is 5.91 Å². The maximum atomic E-state index is 13.1. The Hall–Kier alpha value is -3.42. The minimum absolute atomic E-state index is 0.229. The van der Waals surface area contributed by atoms with Gasteiger partial charge in [0.15, 0.2) is 5.76 Å². The van der Waals surface area contributed by atoms with E-state index in [0.717, 1.165) is 22.1 Å². The van der Waals surface area contributed by atoms with Crippen molar-refractivity contribution in [3.05, 3.63) is 95.2 Å². The van der Waals surface area contributed by atoms with Crippen molar-refractivity contribution < 1.29 is 17.6 Å². The van der Waals surface area contributed by atoms with Gasteiger partial charge < -0.3 is 9.73 Å². The topological polar surface area (TPSA) is 79.6 Å². The Morgan fingerprint density at radius 1 is 0.969 bits per heavy atom. The summed E-state index contributed by atoms with van der Waals surface area (Å²) >= 11 is 0. The van der Waals surface area contributed by atoms with Crippen LogP contribution in [0.1, 0.15) is 27.2 Å². The molecule has 0 radical (unpaired) electrons. The number of sulfonamides is 1. The number of benzene rings is 3. The van der Waals surface area contributed by atoms with Crippen molar-refractivity contribution in [2.75, 3.05) is 11.9 Å². The minimum atomic E-state index is -3.58. The lowest BCUT2D eigenvalue weighted by Crippen LogP contribution is -2.36. The van der Waals surface area contributed by atoms with E-state index in [1.165, 1.54) is 4.31 Å². The van der Waals surface area contributed by atoms with Crippen LogP contribution < -0.4 is 5.32 Å². The molecule has 162 valence electrons. The highest BCUT2D eigenvalue weighted by atomic mass is 32.2. The van der Waals surface area contributed by atoms with Gasteiger partial charge in [-0.25, -0.2) is 8.42 Å². The fourth-order valence-corrected chi connectivity index (χ4v) is 5.38. The van der Waals surface area contributed by atoms with Crippen molar-refractivity contribution in [3.8, 4) is 0 Å². The first-order valence-corrected chi connectivity index (χ1v) is 11.8. The van der Waals surface area contributed by atoms with Crippen LogP contribution in [0.3, 0.4) is 0 Å². The van der Waals surface area contributed by atoms with Crippen LogP contribution in [0.4, 0.5) is 5.69 Å². The van der Waals surface area contributed by atoms with Gasteiger partial charge in [0.1, 0.15) is 5.58 Å². The molecule has 3 aromatic carbocycles. The third-order valence-corrected chi connectivity index (χ3v) is 7.61. The number of aryl methyl sites for hydroxylation is 1. The summed E-state index contributed by atoms with van der Waals surface area (Å²) in [7, 11) is -3.58. The van der Waals surface area contributed by atoms with Crippen LogP contribution in [0, 0.1) is 6.92 Å². The molecule has 1 N–H and O–H groups in total. The second kappa shape index (κ2) is 7.93. The van der Waals surface area contributed by atoms with Crippen LogP contribution in [0.2, 0.25) is 0 Å². The summed E-state index contributed by atoms with van der Waals surface area (Å²) in [6.45, 7) is 2.61. The normalized spacial score (nSPS) is 14.3. The summed E-state index contributed by atoms with van der Waals surface area (Å²) in [4.78, 5) is 13.0. The molecule has 1 aromatic heterocycles. The molecule has 1 aliphatic heterocycles. The van der Waals surface area contributed by atoms with Crippen LogP contribution in [0.15, 0.2) is 82.1 Å². The highest BCUT2D eigenvalue weighted by Crippen LogP contribution is 2.28. The number of fused-ring (bicyclic) bond motifs is 2. The van der Waals surface area contributed by atoms with Gasteiger partial charge >= 0.3 is 0 Å². The molecule has 4 aromatic rings. The van der Waals surface area contributed by atoms with E-state index >= 15 is 0 Å². The largest absolute Gasteiger partial charge is 0.451 e. The molecule has 0 saturated carbocycles. The van der Waals surface area contributed by atoms with Gasteiger partial charge in [-0.2, -0.15) is 4.31 Å². The van der Waals surface area contributed by atoms with Crippen LogP contribution in [-0.4, -0.2) is 25.2 Å². The maximum Gasteiger partial charge on any atom is 0.291 e. The summed E-state index contributed by atoms with van der Waals surface area (Å²) in [5, 5.41) is 3.72. The number of para-hydroxylation sites is 1. The van der Waals surface area contributed by atoms with E-state index in [2.05, 4.69) is 5.32 Å². The molecule has 0 fully saturated rings. The molecule has 1 amide bonds. The summed E-state index contributed by atoms with van der Waals surface area (Å²) in [5.41, 5.74) is 4.23. The minimum Gasteiger partial charge on any atom is -0.451 e. The number of anilines is 1. The van der Waals surface area contributed by atoms with Crippen LogP contribution >= 0.6 is 0 Å². The molecule has 0 bridgehead atoms. The SMILES string of the molecule is Cc1ccc(S(=O)(=O)N2CCc3ccc(NC(=O)c4cc5ccccc5o4)cc3C2)cc1. The summed E-state index contributed by atoms with van der Waals surface area (Å²) in [5.74, 6) is -0.117. The first kappa shape index (κ1) is 20.5. The first-order chi connectivity index (χ1) is 15.4. The molecule has 32 heavy (non-hydrogen) atoms. The number of hydrogen-bond acceptors (Lipinski definition) is 4. The van der Waals surface area contributed by atoms with Crippen molar-refractivity contribution in [2.24, 2.45) is 0 Å². The van der Waals surface area contributed by atoms with Gasteiger partial charge in [-0.3, -0.25) is 4.79 Å². The number of nitrogens with one attached hydrogen (secondary N) is 1. The van der Waals surface area contributed by atoms with Crippen molar-refractivity contribution in [1.29, 1.82) is 0 Å². The molecule has 0 saturated heterocycles. The third-order valence-electron chi connectivity index (χ3n) is 5.75. The van der Waals surface area contributed by atoms with E-state index < -0.39 is 10.0 Å². The zero-order chi connectivity index (χ0) is 22.3. The van der Waals surface area contributed by atoms with Crippen LogP contribution in [0.25, 0.3) is 11.0 Å². The molecule has 0 spiro atoms. The molecule has 5 rings (SSSR count). The number of hydrogen-bond donors (Lipinski definition) is 1. The van der Waals surface area contributed by atoms with Gasteiger partial charge in [-0.15, -0.1) is 0 Å². The predicted molar refractivity (Wildman–Crippen MR) is 123 cm³/mol. The van der Waals surface area contributed by atoms with E-state index in [0.29, 0.717) is 29.1 Å². The van der Waals surface area contributed by atoms with E-state index in [1.54, 1.807) is 30.3 Å². The van der Waals surface area contributed by atoms with Gasteiger partial charge in [-0.1, -0.05) is 42.0 Å². The summed E-state index contributed by atoms with van der Waals surface area (Å²) in [6.07, 6.45) is 0.623. The molecule has 0 aliphatic carbocycles. The average Bonchev–Trinajstić information content (AvgIpc) is 3.23. The van der Waals surface area contributed by atoms with Gasteiger partial charge in [-0.05, 0) is 60.9 Å². The maximum absolute atomic E-state index is 13.1. The molecular formula is C25H22N2O4S. The lowest BCUT2D eigenvalue weighted by molar-refractivity contribution is 0.0998. The first-order valence-electron chi connectivity index (χ1n) is 10.4. The Balaban J connectivity index is 1.36. The molecule has 6 nitrogen and oxygen atoms in total. The number of amides is 1. The predicted octanol–water partition coefficient (Wildman–Crippen LogP) is 4.74. The number of rotatable bonds is 4. The zero-order valence-corrected chi connectivity index (χ0v) is 18.4. The summed E-state index contributed by atoms with van der Waals surface area (Å²) in [6, 6.07) is 21.7. The lowest BCUT2D eigenvalue weighted by atomic mass is 10.0. The van der Waals surface area contributed by atoms with Crippen LogP contribution in [-0.2, 0) is 23.0 Å². The van der Waals surface area contributed by atoms with E-state index in [9.17, 15) is 13.2 Å². The Morgan fingerprint density at radius 2 is 1.75 bits per heavy atom.